The lowest BCUT2D eigenvalue weighted by atomic mass is 9.90. The number of fused-ring (bicyclic) bond motifs is 2. The van der Waals surface area contributed by atoms with E-state index in [4.69, 9.17) is 5.73 Å². The number of rotatable bonds is 2. The fourth-order valence-corrected chi connectivity index (χ4v) is 3.42. The van der Waals surface area contributed by atoms with E-state index in [2.05, 4.69) is 17.5 Å². The van der Waals surface area contributed by atoms with Gasteiger partial charge in [-0.2, -0.15) is 0 Å². The third-order valence-electron chi connectivity index (χ3n) is 4.65. The lowest BCUT2D eigenvalue weighted by Crippen LogP contribution is -2.49. The minimum Gasteiger partial charge on any atom is -0.348 e. The van der Waals surface area contributed by atoms with Crippen molar-refractivity contribution in [3.63, 3.8) is 0 Å². The molecule has 3 nitrogen and oxygen atoms in total. The fraction of sp³-hybridized carbons (Fsp3) is 0.438. The van der Waals surface area contributed by atoms with Crippen LogP contribution in [0.3, 0.4) is 0 Å². The van der Waals surface area contributed by atoms with Crippen molar-refractivity contribution in [2.24, 2.45) is 5.73 Å². The number of carbonyl (C=O) groups excluding carboxylic acids is 1. The Morgan fingerprint density at radius 3 is 2.89 bits per heavy atom. The van der Waals surface area contributed by atoms with Gasteiger partial charge in [-0.25, -0.2) is 0 Å². The molecule has 98 valence electrons. The Kier molecular flexibility index (Phi) is 2.33. The molecule has 0 saturated heterocycles. The van der Waals surface area contributed by atoms with Gasteiger partial charge in [-0.05, 0) is 53.7 Å². The smallest absolute Gasteiger partial charge is 0.252 e. The van der Waals surface area contributed by atoms with Crippen LogP contribution in [0, 0.1) is 0 Å². The first-order valence-corrected chi connectivity index (χ1v) is 7.17. The van der Waals surface area contributed by atoms with Gasteiger partial charge in [0.2, 0.25) is 0 Å². The summed E-state index contributed by atoms with van der Waals surface area (Å²) in [7, 11) is 0. The van der Waals surface area contributed by atoms with E-state index in [1.807, 2.05) is 6.08 Å². The molecule has 0 spiro atoms. The molecule has 0 aromatic rings. The highest BCUT2D eigenvalue weighted by molar-refractivity contribution is 6.02. The third-order valence-corrected chi connectivity index (χ3v) is 4.65. The third kappa shape index (κ3) is 1.72. The van der Waals surface area contributed by atoms with Crippen LogP contribution in [-0.2, 0) is 4.79 Å². The average Bonchev–Trinajstić information content (AvgIpc) is 2.89. The number of allylic oxidation sites excluding steroid dienone is 6. The van der Waals surface area contributed by atoms with Gasteiger partial charge < -0.3 is 11.1 Å². The first-order valence-electron chi connectivity index (χ1n) is 7.17. The molecule has 4 rings (SSSR count). The molecule has 0 radical (unpaired) electrons. The van der Waals surface area contributed by atoms with E-state index >= 15 is 0 Å². The van der Waals surface area contributed by atoms with Crippen LogP contribution in [0.15, 0.2) is 46.1 Å². The van der Waals surface area contributed by atoms with Crippen LogP contribution in [0.5, 0.6) is 0 Å². The summed E-state index contributed by atoms with van der Waals surface area (Å²) < 4.78 is 0. The summed E-state index contributed by atoms with van der Waals surface area (Å²) in [4.78, 5) is 12.4. The summed E-state index contributed by atoms with van der Waals surface area (Å²) in [6.07, 6.45) is 11.7. The molecule has 2 fully saturated rings. The van der Waals surface area contributed by atoms with Crippen molar-refractivity contribution in [1.82, 2.24) is 5.32 Å². The van der Waals surface area contributed by atoms with Crippen LogP contribution < -0.4 is 11.1 Å². The summed E-state index contributed by atoms with van der Waals surface area (Å²) in [6, 6.07) is 0.255. The highest BCUT2D eigenvalue weighted by atomic mass is 16.1. The Bertz CT molecular complexity index is 592. The maximum Gasteiger partial charge on any atom is 0.252 e. The van der Waals surface area contributed by atoms with Gasteiger partial charge in [-0.3, -0.25) is 4.79 Å². The molecule has 0 aromatic heterocycles. The maximum absolute atomic E-state index is 12.4. The van der Waals surface area contributed by atoms with Crippen LogP contribution >= 0.6 is 0 Å². The zero-order valence-corrected chi connectivity index (χ0v) is 10.9. The average molecular weight is 254 g/mol. The van der Waals surface area contributed by atoms with Gasteiger partial charge in [0.15, 0.2) is 0 Å². The molecule has 3 N–H and O–H groups in total. The molecule has 19 heavy (non-hydrogen) atoms. The fourth-order valence-electron chi connectivity index (χ4n) is 3.42. The lowest BCUT2D eigenvalue weighted by molar-refractivity contribution is -0.118. The second kappa shape index (κ2) is 3.94. The van der Waals surface area contributed by atoms with Crippen molar-refractivity contribution < 1.29 is 4.79 Å². The van der Waals surface area contributed by atoms with Crippen molar-refractivity contribution in [3.05, 3.63) is 46.1 Å². The molecule has 0 aromatic carbocycles. The first-order chi connectivity index (χ1) is 9.24. The van der Waals surface area contributed by atoms with Crippen LogP contribution in [0.4, 0.5) is 0 Å². The molecule has 4 aliphatic rings. The quantitative estimate of drug-likeness (QED) is 0.790. The number of nitrogens with one attached hydrogen (secondary N) is 1. The number of nitrogens with two attached hydrogens (primary N) is 1. The molecular weight excluding hydrogens is 236 g/mol. The van der Waals surface area contributed by atoms with Crippen molar-refractivity contribution in [3.8, 4) is 0 Å². The molecule has 0 aliphatic heterocycles. The summed E-state index contributed by atoms with van der Waals surface area (Å²) >= 11 is 0. The SMILES string of the molecule is N[C@H]1CCCC[C@@H]1NC(=O)C1=C2C=C3CC3=C2C=C1. The molecule has 0 heterocycles. The predicted octanol–water partition coefficient (Wildman–Crippen LogP) is 1.88. The molecule has 0 unspecified atom stereocenters. The monoisotopic (exact) mass is 254 g/mol. The van der Waals surface area contributed by atoms with E-state index in [1.54, 1.807) is 0 Å². The van der Waals surface area contributed by atoms with E-state index in [1.165, 1.54) is 29.6 Å². The second-order valence-corrected chi connectivity index (χ2v) is 5.93. The van der Waals surface area contributed by atoms with E-state index in [9.17, 15) is 4.79 Å². The number of amides is 1. The zero-order valence-electron chi connectivity index (χ0n) is 10.9. The number of hydrogen-bond donors (Lipinski definition) is 2. The van der Waals surface area contributed by atoms with Crippen molar-refractivity contribution >= 4 is 5.91 Å². The molecular formula is C16H18N2O. The lowest BCUT2D eigenvalue weighted by Gasteiger charge is -2.29. The second-order valence-electron chi connectivity index (χ2n) is 5.93. The van der Waals surface area contributed by atoms with E-state index in [0.29, 0.717) is 0 Å². The molecule has 0 bridgehead atoms. The molecule has 1 amide bonds. The van der Waals surface area contributed by atoms with Gasteiger partial charge in [-0.1, -0.05) is 18.9 Å². The van der Waals surface area contributed by atoms with Gasteiger partial charge in [-0.15, -0.1) is 0 Å². The Morgan fingerprint density at radius 2 is 2.05 bits per heavy atom. The topological polar surface area (TPSA) is 55.1 Å². The van der Waals surface area contributed by atoms with Crippen LogP contribution in [-0.4, -0.2) is 18.0 Å². The van der Waals surface area contributed by atoms with Gasteiger partial charge in [0.1, 0.15) is 0 Å². The first kappa shape index (κ1) is 11.2. The zero-order chi connectivity index (χ0) is 13.0. The standard InChI is InChI=1S/C16H18N2O/c17-14-3-1-2-4-15(14)18-16(19)11-6-5-10-12-7-9(12)8-13(10)11/h5-6,8,14-15H,1-4,7,17H2,(H,18,19)/t14-,15-/m0/s1. The van der Waals surface area contributed by atoms with Gasteiger partial charge >= 0.3 is 0 Å². The highest BCUT2D eigenvalue weighted by Crippen LogP contribution is 2.51. The maximum atomic E-state index is 12.4. The highest BCUT2D eigenvalue weighted by Gasteiger charge is 2.36. The van der Waals surface area contributed by atoms with Crippen molar-refractivity contribution in [2.75, 3.05) is 0 Å². The van der Waals surface area contributed by atoms with Gasteiger partial charge in [0, 0.05) is 17.7 Å². The minimum atomic E-state index is 0.0438. The summed E-state index contributed by atoms with van der Waals surface area (Å²) in [5, 5.41) is 3.13. The molecule has 3 heteroatoms. The van der Waals surface area contributed by atoms with Gasteiger partial charge in [0.05, 0.1) is 0 Å². The van der Waals surface area contributed by atoms with Crippen LogP contribution in [0.25, 0.3) is 0 Å². The van der Waals surface area contributed by atoms with Crippen LogP contribution in [0.1, 0.15) is 32.1 Å². The molecule has 2 saturated carbocycles. The molecule has 4 aliphatic carbocycles. The Labute approximate surface area is 112 Å². The minimum absolute atomic E-state index is 0.0438. The van der Waals surface area contributed by atoms with Crippen molar-refractivity contribution in [2.45, 2.75) is 44.2 Å². The molecule has 2 atom stereocenters. The Balaban J connectivity index is 1.53. The summed E-state index contributed by atoms with van der Waals surface area (Å²) in [5.74, 6) is 0.0438. The van der Waals surface area contributed by atoms with Crippen molar-refractivity contribution in [1.29, 1.82) is 0 Å². The predicted molar refractivity (Wildman–Crippen MR) is 74.3 cm³/mol. The van der Waals surface area contributed by atoms with E-state index < -0.39 is 0 Å². The summed E-state index contributed by atoms with van der Waals surface area (Å²) in [5.41, 5.74) is 12.2. The Hall–Kier alpha value is -1.61. The van der Waals surface area contributed by atoms with Crippen LogP contribution in [0.2, 0.25) is 0 Å². The summed E-state index contributed by atoms with van der Waals surface area (Å²) in [6.45, 7) is 0. The van der Waals surface area contributed by atoms with Gasteiger partial charge in [0.25, 0.3) is 5.91 Å². The van der Waals surface area contributed by atoms with E-state index in [-0.39, 0.29) is 18.0 Å². The number of carbonyl (C=O) groups is 1. The largest absolute Gasteiger partial charge is 0.348 e. The Morgan fingerprint density at radius 1 is 1.21 bits per heavy atom. The van der Waals surface area contributed by atoms with E-state index in [0.717, 1.165) is 30.4 Å². The normalized spacial score (nSPS) is 31.3. The number of hydrogen-bond acceptors (Lipinski definition) is 2.